The third-order valence-electron chi connectivity index (χ3n) is 3.42. The molecule has 1 aromatic carbocycles. The summed E-state index contributed by atoms with van der Waals surface area (Å²) in [5, 5.41) is 13.1. The van der Waals surface area contributed by atoms with Crippen molar-refractivity contribution in [2.45, 2.75) is 44.0 Å². The lowest BCUT2D eigenvalue weighted by molar-refractivity contribution is 0.190. The van der Waals surface area contributed by atoms with Gasteiger partial charge in [0.2, 0.25) is 0 Å². The molecule has 0 saturated heterocycles. The van der Waals surface area contributed by atoms with Crippen LogP contribution in [0.1, 0.15) is 30.9 Å². The first-order valence-corrected chi connectivity index (χ1v) is 7.79. The van der Waals surface area contributed by atoms with E-state index in [4.69, 9.17) is 0 Å². The van der Waals surface area contributed by atoms with Gasteiger partial charge in [-0.3, -0.25) is 0 Å². The number of nitrogens with one attached hydrogen (secondary N) is 1. The van der Waals surface area contributed by atoms with Gasteiger partial charge in [0.1, 0.15) is 0 Å². The molecule has 0 radical (unpaired) electrons. The third-order valence-corrected chi connectivity index (χ3v) is 4.77. The highest BCUT2D eigenvalue weighted by atomic mass is 32.2. The van der Waals surface area contributed by atoms with Gasteiger partial charge in [0.05, 0.1) is 6.61 Å². The van der Waals surface area contributed by atoms with Crippen molar-refractivity contribution in [2.75, 3.05) is 12.4 Å². The van der Waals surface area contributed by atoms with Gasteiger partial charge < -0.3 is 10.4 Å². The van der Waals surface area contributed by atoms with Crippen LogP contribution in [0, 0.1) is 6.92 Å². The highest BCUT2D eigenvalue weighted by Gasteiger charge is 2.31. The minimum Gasteiger partial charge on any atom is -0.394 e. The Bertz CT molecular complexity index is 392. The second-order valence-corrected chi connectivity index (χ2v) is 6.54. The Balaban J connectivity index is 1.81. The van der Waals surface area contributed by atoms with Crippen LogP contribution in [0.15, 0.2) is 24.3 Å². The highest BCUT2D eigenvalue weighted by Crippen LogP contribution is 2.25. The normalized spacial score (nSPS) is 18.6. The number of rotatable bonds is 7. The maximum atomic E-state index is 9.54. The van der Waals surface area contributed by atoms with Crippen LogP contribution in [-0.2, 0) is 5.75 Å². The zero-order valence-electron chi connectivity index (χ0n) is 11.3. The predicted molar refractivity (Wildman–Crippen MR) is 79.0 cm³/mol. The lowest BCUT2D eigenvalue weighted by Gasteiger charge is -2.28. The zero-order chi connectivity index (χ0) is 13.0. The van der Waals surface area contributed by atoms with Crippen LogP contribution < -0.4 is 5.32 Å². The summed E-state index contributed by atoms with van der Waals surface area (Å²) in [6, 6.07) is 9.16. The first-order chi connectivity index (χ1) is 8.63. The van der Waals surface area contributed by atoms with Crippen molar-refractivity contribution in [3.05, 3.63) is 35.4 Å². The fourth-order valence-electron chi connectivity index (χ4n) is 2.01. The molecule has 1 fully saturated rings. The van der Waals surface area contributed by atoms with Crippen molar-refractivity contribution in [3.8, 4) is 0 Å². The minimum absolute atomic E-state index is 0.130. The van der Waals surface area contributed by atoms with Crippen molar-refractivity contribution in [1.29, 1.82) is 0 Å². The number of aliphatic hydroxyl groups excluding tert-OH is 1. The molecule has 0 spiro atoms. The summed E-state index contributed by atoms with van der Waals surface area (Å²) < 4.78 is 0. The van der Waals surface area contributed by atoms with Crippen LogP contribution in [0.5, 0.6) is 0 Å². The molecule has 3 heteroatoms. The minimum atomic E-state index is -0.130. The van der Waals surface area contributed by atoms with E-state index in [9.17, 15) is 5.11 Å². The fourth-order valence-corrected chi connectivity index (χ4v) is 3.28. The summed E-state index contributed by atoms with van der Waals surface area (Å²) in [5.74, 6) is 1.98. The molecule has 1 aromatic rings. The summed E-state index contributed by atoms with van der Waals surface area (Å²) in [7, 11) is 0. The zero-order valence-corrected chi connectivity index (χ0v) is 12.1. The summed E-state index contributed by atoms with van der Waals surface area (Å²) in [6.07, 6.45) is 2.52. The molecule has 18 heavy (non-hydrogen) atoms. The van der Waals surface area contributed by atoms with Gasteiger partial charge in [0.15, 0.2) is 0 Å². The van der Waals surface area contributed by atoms with Gasteiger partial charge in [0.25, 0.3) is 0 Å². The third kappa shape index (κ3) is 4.01. The van der Waals surface area contributed by atoms with Crippen LogP contribution >= 0.6 is 11.8 Å². The Morgan fingerprint density at radius 3 is 2.72 bits per heavy atom. The molecule has 1 unspecified atom stereocenters. The Hall–Kier alpha value is -0.510. The number of benzene rings is 1. The van der Waals surface area contributed by atoms with Crippen molar-refractivity contribution >= 4 is 11.8 Å². The van der Waals surface area contributed by atoms with Gasteiger partial charge in [-0.2, -0.15) is 11.8 Å². The average molecular weight is 265 g/mol. The highest BCUT2D eigenvalue weighted by molar-refractivity contribution is 7.98. The molecule has 2 nitrogen and oxygen atoms in total. The van der Waals surface area contributed by atoms with E-state index in [1.165, 1.54) is 24.0 Å². The Labute approximate surface area is 114 Å². The van der Waals surface area contributed by atoms with E-state index in [0.29, 0.717) is 6.04 Å². The number of thioether (sulfide) groups is 1. The molecule has 0 amide bonds. The van der Waals surface area contributed by atoms with Gasteiger partial charge in [-0.1, -0.05) is 24.3 Å². The Morgan fingerprint density at radius 1 is 1.39 bits per heavy atom. The van der Waals surface area contributed by atoms with Crippen LogP contribution in [0.3, 0.4) is 0 Å². The molecule has 0 bridgehead atoms. The molecule has 2 N–H and O–H groups in total. The van der Waals surface area contributed by atoms with Crippen molar-refractivity contribution in [3.63, 3.8) is 0 Å². The molecular formula is C15H23NOS. The summed E-state index contributed by atoms with van der Waals surface area (Å²) in [4.78, 5) is 0. The monoisotopic (exact) mass is 265 g/mol. The van der Waals surface area contributed by atoms with E-state index in [2.05, 4.69) is 43.4 Å². The van der Waals surface area contributed by atoms with Crippen molar-refractivity contribution in [1.82, 2.24) is 5.32 Å². The van der Waals surface area contributed by atoms with Crippen molar-refractivity contribution < 1.29 is 5.11 Å². The van der Waals surface area contributed by atoms with E-state index < -0.39 is 0 Å². The van der Waals surface area contributed by atoms with Crippen LogP contribution in [0.4, 0.5) is 0 Å². The first kappa shape index (κ1) is 13.9. The molecule has 0 heterocycles. The fraction of sp³-hybridized carbons (Fsp3) is 0.600. The van der Waals surface area contributed by atoms with E-state index in [1.807, 2.05) is 11.8 Å². The molecule has 1 aliphatic carbocycles. The SMILES string of the molecule is Cc1ccccc1CSCC(C)(CO)NC1CC1. The van der Waals surface area contributed by atoms with E-state index >= 15 is 0 Å². The number of aryl methyl sites for hydroxylation is 1. The lowest BCUT2D eigenvalue weighted by Crippen LogP contribution is -2.49. The molecule has 0 aromatic heterocycles. The second-order valence-electron chi connectivity index (χ2n) is 5.56. The topological polar surface area (TPSA) is 32.3 Å². The maximum absolute atomic E-state index is 9.54. The number of aliphatic hydroxyl groups is 1. The quantitative estimate of drug-likeness (QED) is 0.795. The van der Waals surface area contributed by atoms with Gasteiger partial charge in [-0.15, -0.1) is 0 Å². The molecule has 2 rings (SSSR count). The van der Waals surface area contributed by atoms with Gasteiger partial charge in [-0.25, -0.2) is 0 Å². The van der Waals surface area contributed by atoms with Crippen LogP contribution in [0.25, 0.3) is 0 Å². The van der Waals surface area contributed by atoms with E-state index in [1.54, 1.807) is 0 Å². The maximum Gasteiger partial charge on any atom is 0.0618 e. The predicted octanol–water partition coefficient (Wildman–Crippen LogP) is 2.73. The second kappa shape index (κ2) is 6.09. The van der Waals surface area contributed by atoms with Gasteiger partial charge >= 0.3 is 0 Å². The van der Waals surface area contributed by atoms with E-state index in [-0.39, 0.29) is 12.1 Å². The number of hydrogen-bond donors (Lipinski definition) is 2. The van der Waals surface area contributed by atoms with Gasteiger partial charge in [-0.05, 0) is 37.8 Å². The number of hydrogen-bond acceptors (Lipinski definition) is 3. The largest absolute Gasteiger partial charge is 0.394 e. The molecule has 1 aliphatic rings. The van der Waals surface area contributed by atoms with Crippen LogP contribution in [0.2, 0.25) is 0 Å². The molecule has 0 aliphatic heterocycles. The average Bonchev–Trinajstić information content (AvgIpc) is 3.15. The van der Waals surface area contributed by atoms with Gasteiger partial charge in [0, 0.05) is 23.1 Å². The first-order valence-electron chi connectivity index (χ1n) is 6.64. The summed E-state index contributed by atoms with van der Waals surface area (Å²) >= 11 is 1.90. The molecular weight excluding hydrogens is 242 g/mol. The van der Waals surface area contributed by atoms with Crippen molar-refractivity contribution in [2.24, 2.45) is 0 Å². The summed E-state index contributed by atoms with van der Waals surface area (Å²) in [5.41, 5.74) is 2.62. The summed E-state index contributed by atoms with van der Waals surface area (Å²) in [6.45, 7) is 4.49. The lowest BCUT2D eigenvalue weighted by atomic mass is 10.1. The molecule has 100 valence electrons. The smallest absolute Gasteiger partial charge is 0.0618 e. The Morgan fingerprint density at radius 2 is 2.11 bits per heavy atom. The Kier molecular flexibility index (Phi) is 4.71. The van der Waals surface area contributed by atoms with Crippen LogP contribution in [-0.4, -0.2) is 29.0 Å². The standard InChI is InChI=1S/C15H23NOS/c1-12-5-3-4-6-13(12)9-18-11-15(2,10-17)16-14-7-8-14/h3-6,14,16-17H,7-11H2,1-2H3. The molecule has 1 saturated carbocycles. The van der Waals surface area contributed by atoms with E-state index in [0.717, 1.165) is 11.5 Å². The molecule has 1 atom stereocenters.